The number of hydrogen-bond donors (Lipinski definition) is 3. The largest absolute Gasteiger partial charge is 0.343 e. The molecule has 19 heavy (non-hydrogen) atoms. The lowest BCUT2D eigenvalue weighted by molar-refractivity contribution is -0.138. The lowest BCUT2D eigenvalue weighted by atomic mass is 10.0. The number of halogens is 1. The standard InChI is InChI=1S/C11H14IN3O4/c12-5-1-2-6(13-9(5)17)10(18)14-7-3-4-8(16)15-11(7)19/h5-7H,1-4H2,(H,13,17)(H,14,18)(H,15,16,19). The van der Waals surface area contributed by atoms with Crippen molar-refractivity contribution in [1.29, 1.82) is 0 Å². The summed E-state index contributed by atoms with van der Waals surface area (Å²) in [5.41, 5.74) is 0. The van der Waals surface area contributed by atoms with E-state index in [9.17, 15) is 19.2 Å². The Bertz CT molecular complexity index is 440. The molecule has 0 aromatic rings. The second-order valence-corrected chi connectivity index (χ2v) is 6.12. The van der Waals surface area contributed by atoms with Gasteiger partial charge in [0, 0.05) is 6.42 Å². The van der Waals surface area contributed by atoms with Crippen molar-refractivity contribution in [2.24, 2.45) is 0 Å². The molecule has 0 spiro atoms. The summed E-state index contributed by atoms with van der Waals surface area (Å²) >= 11 is 2.03. The fourth-order valence-electron chi connectivity index (χ4n) is 2.08. The number of hydrogen-bond acceptors (Lipinski definition) is 4. The first-order chi connectivity index (χ1) is 8.97. The van der Waals surface area contributed by atoms with Crippen LogP contribution in [0.2, 0.25) is 0 Å². The van der Waals surface area contributed by atoms with E-state index in [0.717, 1.165) is 0 Å². The molecule has 7 nitrogen and oxygen atoms in total. The van der Waals surface area contributed by atoms with Crippen LogP contribution >= 0.6 is 22.6 Å². The summed E-state index contributed by atoms with van der Waals surface area (Å²) in [5.74, 6) is -1.34. The summed E-state index contributed by atoms with van der Waals surface area (Å²) < 4.78 is -0.114. The van der Waals surface area contributed by atoms with Crippen molar-refractivity contribution in [1.82, 2.24) is 16.0 Å². The van der Waals surface area contributed by atoms with Crippen molar-refractivity contribution in [3.63, 3.8) is 0 Å². The zero-order chi connectivity index (χ0) is 14.0. The molecule has 3 N–H and O–H groups in total. The molecule has 0 aliphatic carbocycles. The number of amides is 4. The van der Waals surface area contributed by atoms with Crippen LogP contribution in [0.15, 0.2) is 0 Å². The number of piperidine rings is 2. The third-order valence-electron chi connectivity index (χ3n) is 3.18. The second kappa shape index (κ2) is 5.85. The van der Waals surface area contributed by atoms with E-state index >= 15 is 0 Å². The molecule has 3 unspecified atom stereocenters. The number of alkyl halides is 1. The summed E-state index contributed by atoms with van der Waals surface area (Å²) in [6, 6.07) is -1.29. The van der Waals surface area contributed by atoms with Crippen LogP contribution in [0.25, 0.3) is 0 Å². The summed E-state index contributed by atoms with van der Waals surface area (Å²) in [5, 5.41) is 7.37. The first-order valence-electron chi connectivity index (χ1n) is 6.06. The fourth-order valence-corrected chi connectivity index (χ4v) is 2.62. The van der Waals surface area contributed by atoms with Gasteiger partial charge < -0.3 is 10.6 Å². The molecule has 8 heteroatoms. The van der Waals surface area contributed by atoms with Gasteiger partial charge in [-0.05, 0) is 19.3 Å². The van der Waals surface area contributed by atoms with Gasteiger partial charge in [0.25, 0.3) is 0 Å². The van der Waals surface area contributed by atoms with Crippen LogP contribution in [-0.4, -0.2) is 39.6 Å². The van der Waals surface area contributed by atoms with Crippen molar-refractivity contribution in [3.8, 4) is 0 Å². The van der Waals surface area contributed by atoms with Crippen molar-refractivity contribution >= 4 is 46.2 Å². The summed E-state index contributed by atoms with van der Waals surface area (Å²) in [7, 11) is 0. The highest BCUT2D eigenvalue weighted by Crippen LogP contribution is 2.17. The molecule has 0 bridgehead atoms. The van der Waals surface area contributed by atoms with Gasteiger partial charge in [-0.15, -0.1) is 0 Å². The van der Waals surface area contributed by atoms with E-state index in [1.807, 2.05) is 22.6 Å². The zero-order valence-corrected chi connectivity index (χ0v) is 12.2. The number of nitrogens with one attached hydrogen (secondary N) is 3. The van der Waals surface area contributed by atoms with Gasteiger partial charge in [-0.25, -0.2) is 0 Å². The van der Waals surface area contributed by atoms with Gasteiger partial charge in [0.05, 0.1) is 3.92 Å². The van der Waals surface area contributed by atoms with E-state index in [0.29, 0.717) is 19.3 Å². The average Bonchev–Trinajstić information content (AvgIpc) is 2.36. The van der Waals surface area contributed by atoms with E-state index in [4.69, 9.17) is 0 Å². The highest BCUT2D eigenvalue weighted by atomic mass is 127. The van der Waals surface area contributed by atoms with Gasteiger partial charge in [-0.3, -0.25) is 24.5 Å². The van der Waals surface area contributed by atoms with E-state index in [1.54, 1.807) is 0 Å². The van der Waals surface area contributed by atoms with Gasteiger partial charge >= 0.3 is 0 Å². The predicted octanol–water partition coefficient (Wildman–Crippen LogP) is -1.01. The number of carbonyl (C=O) groups is 4. The number of imide groups is 1. The zero-order valence-electron chi connectivity index (χ0n) is 10.1. The Morgan fingerprint density at radius 3 is 2.53 bits per heavy atom. The Morgan fingerprint density at radius 1 is 1.16 bits per heavy atom. The molecule has 2 aliphatic rings. The van der Waals surface area contributed by atoms with Crippen molar-refractivity contribution in [2.45, 2.75) is 41.7 Å². The molecule has 4 amide bonds. The molecule has 104 valence electrons. The number of carbonyl (C=O) groups excluding carboxylic acids is 4. The van der Waals surface area contributed by atoms with Crippen molar-refractivity contribution in [3.05, 3.63) is 0 Å². The topological polar surface area (TPSA) is 104 Å². The van der Waals surface area contributed by atoms with Crippen LogP contribution in [0.3, 0.4) is 0 Å². The van der Waals surface area contributed by atoms with Crippen LogP contribution in [0.5, 0.6) is 0 Å². The monoisotopic (exact) mass is 379 g/mol. The quantitative estimate of drug-likeness (QED) is 0.325. The summed E-state index contributed by atoms with van der Waals surface area (Å²) in [6.45, 7) is 0. The molecular formula is C11H14IN3O4. The third-order valence-corrected chi connectivity index (χ3v) is 4.37. The minimum atomic E-state index is -0.695. The first kappa shape index (κ1) is 14.2. The van der Waals surface area contributed by atoms with Crippen molar-refractivity contribution in [2.75, 3.05) is 0 Å². The molecule has 0 radical (unpaired) electrons. The first-order valence-corrected chi connectivity index (χ1v) is 7.30. The third kappa shape index (κ3) is 3.43. The smallest absolute Gasteiger partial charge is 0.249 e. The molecule has 0 aromatic heterocycles. The fraction of sp³-hybridized carbons (Fsp3) is 0.636. The van der Waals surface area contributed by atoms with Gasteiger partial charge in [0.15, 0.2) is 0 Å². The van der Waals surface area contributed by atoms with Crippen LogP contribution in [0, 0.1) is 0 Å². The average molecular weight is 379 g/mol. The van der Waals surface area contributed by atoms with E-state index in [2.05, 4.69) is 16.0 Å². The molecule has 2 aliphatic heterocycles. The van der Waals surface area contributed by atoms with Crippen LogP contribution in [-0.2, 0) is 19.2 Å². The Morgan fingerprint density at radius 2 is 1.89 bits per heavy atom. The predicted molar refractivity (Wildman–Crippen MR) is 73.3 cm³/mol. The van der Waals surface area contributed by atoms with Gasteiger partial charge in [-0.2, -0.15) is 0 Å². The molecule has 0 saturated carbocycles. The van der Waals surface area contributed by atoms with Gasteiger partial charge in [0.1, 0.15) is 12.1 Å². The van der Waals surface area contributed by atoms with Gasteiger partial charge in [0.2, 0.25) is 23.6 Å². The highest BCUT2D eigenvalue weighted by Gasteiger charge is 2.33. The molecule has 2 heterocycles. The summed E-state index contributed by atoms with van der Waals surface area (Å²) in [4.78, 5) is 45.9. The Hall–Kier alpha value is -1.19. The number of rotatable bonds is 2. The normalized spacial score (nSPS) is 31.4. The maximum Gasteiger partial charge on any atom is 0.249 e. The molecule has 3 atom stereocenters. The van der Waals surface area contributed by atoms with Crippen LogP contribution in [0.4, 0.5) is 0 Å². The molecule has 0 aromatic carbocycles. The maximum atomic E-state index is 12.0. The minimum absolute atomic E-state index is 0.114. The van der Waals surface area contributed by atoms with E-state index in [-0.39, 0.29) is 28.1 Å². The lowest BCUT2D eigenvalue weighted by Crippen LogP contribution is -2.58. The van der Waals surface area contributed by atoms with Crippen LogP contribution in [0.1, 0.15) is 25.7 Å². The van der Waals surface area contributed by atoms with E-state index in [1.165, 1.54) is 0 Å². The summed E-state index contributed by atoms with van der Waals surface area (Å²) in [6.07, 6.45) is 1.70. The van der Waals surface area contributed by atoms with E-state index < -0.39 is 18.0 Å². The molecule has 2 saturated heterocycles. The van der Waals surface area contributed by atoms with Crippen molar-refractivity contribution < 1.29 is 19.2 Å². The SMILES string of the molecule is O=C1CCC(NC(=O)C2CCC(I)C(=O)N2)C(=O)N1. The molecular weight excluding hydrogens is 365 g/mol. The Balaban J connectivity index is 1.89. The van der Waals surface area contributed by atoms with Gasteiger partial charge in [-0.1, -0.05) is 22.6 Å². The molecule has 2 rings (SSSR count). The second-order valence-electron chi connectivity index (χ2n) is 4.62. The van der Waals surface area contributed by atoms with Crippen LogP contribution < -0.4 is 16.0 Å². The lowest BCUT2D eigenvalue weighted by Gasteiger charge is -2.28. The minimum Gasteiger partial charge on any atom is -0.343 e. The highest BCUT2D eigenvalue weighted by molar-refractivity contribution is 14.1. The maximum absolute atomic E-state index is 12.0. The Kier molecular flexibility index (Phi) is 4.38. The molecule has 2 fully saturated rings. The Labute approximate surface area is 123 Å².